The van der Waals surface area contributed by atoms with Gasteiger partial charge < -0.3 is 10.4 Å². The van der Waals surface area contributed by atoms with Crippen LogP contribution in [0.25, 0.3) is 0 Å². The number of aliphatic hydroxyl groups is 1. The summed E-state index contributed by atoms with van der Waals surface area (Å²) in [6.07, 6.45) is 5.70. The van der Waals surface area contributed by atoms with Gasteiger partial charge in [0.05, 0.1) is 0 Å². The van der Waals surface area contributed by atoms with Crippen LogP contribution in [0.5, 0.6) is 0 Å². The topological polar surface area (TPSA) is 49.3 Å². The number of aliphatic hydroxyl groups excluding tert-OH is 1. The Bertz CT molecular complexity index is 575. The molecule has 3 nitrogen and oxygen atoms in total. The van der Waals surface area contributed by atoms with E-state index in [-0.39, 0.29) is 18.1 Å². The predicted molar refractivity (Wildman–Crippen MR) is 84.1 cm³/mol. The predicted octanol–water partition coefficient (Wildman–Crippen LogP) is 2.79. The van der Waals surface area contributed by atoms with Crippen molar-refractivity contribution in [2.24, 2.45) is 0 Å². The lowest BCUT2D eigenvalue weighted by molar-refractivity contribution is 0.0882. The van der Waals surface area contributed by atoms with Crippen LogP contribution in [-0.2, 0) is 0 Å². The molecule has 0 saturated heterocycles. The Balaban J connectivity index is 2.19. The Morgan fingerprint density at radius 1 is 1.33 bits per heavy atom. The molecule has 1 aromatic rings. The first kappa shape index (κ1) is 15.6. The summed E-state index contributed by atoms with van der Waals surface area (Å²) in [5.74, 6) is 5.50. The third-order valence-electron chi connectivity index (χ3n) is 4.25. The van der Waals surface area contributed by atoms with Crippen LogP contribution < -0.4 is 5.32 Å². The van der Waals surface area contributed by atoms with Crippen LogP contribution in [-0.4, -0.2) is 23.2 Å². The molecule has 1 aliphatic rings. The highest BCUT2D eigenvalue weighted by atomic mass is 16.2. The smallest absolute Gasteiger partial charge is 0.252 e. The van der Waals surface area contributed by atoms with Gasteiger partial charge in [0.15, 0.2) is 0 Å². The molecule has 1 aromatic carbocycles. The molecule has 0 aliphatic heterocycles. The molecule has 1 aliphatic carbocycles. The lowest BCUT2D eigenvalue weighted by Crippen LogP contribution is -2.47. The third-order valence-corrected chi connectivity index (χ3v) is 4.25. The van der Waals surface area contributed by atoms with Gasteiger partial charge in [0, 0.05) is 16.7 Å². The highest BCUT2D eigenvalue weighted by Crippen LogP contribution is 2.28. The molecule has 2 rings (SSSR count). The average Bonchev–Trinajstić information content (AvgIpc) is 2.46. The first-order valence-corrected chi connectivity index (χ1v) is 7.58. The molecule has 0 aromatic heterocycles. The van der Waals surface area contributed by atoms with Crippen molar-refractivity contribution in [2.45, 2.75) is 51.5 Å². The van der Waals surface area contributed by atoms with E-state index in [1.807, 2.05) is 25.1 Å². The van der Waals surface area contributed by atoms with Crippen LogP contribution in [0.15, 0.2) is 18.2 Å². The molecule has 1 amide bonds. The third kappa shape index (κ3) is 3.86. The van der Waals surface area contributed by atoms with Crippen LogP contribution >= 0.6 is 0 Å². The SMILES string of the molecule is Cc1c(C#CCO)cccc1C(=O)NC1(C)CCCCC1. The van der Waals surface area contributed by atoms with Gasteiger partial charge in [-0.3, -0.25) is 4.79 Å². The zero-order valence-electron chi connectivity index (χ0n) is 12.8. The van der Waals surface area contributed by atoms with Gasteiger partial charge in [-0.1, -0.05) is 37.2 Å². The first-order valence-electron chi connectivity index (χ1n) is 7.58. The fourth-order valence-corrected chi connectivity index (χ4v) is 2.95. The van der Waals surface area contributed by atoms with Crippen molar-refractivity contribution >= 4 is 5.91 Å². The first-order chi connectivity index (χ1) is 10.1. The second-order valence-corrected chi connectivity index (χ2v) is 6.01. The molecule has 21 heavy (non-hydrogen) atoms. The Morgan fingerprint density at radius 2 is 2.05 bits per heavy atom. The molecular formula is C18H23NO2. The number of nitrogens with one attached hydrogen (secondary N) is 1. The molecule has 1 saturated carbocycles. The fourth-order valence-electron chi connectivity index (χ4n) is 2.95. The quantitative estimate of drug-likeness (QED) is 0.821. The minimum atomic E-state index is -0.173. The van der Waals surface area contributed by atoms with Crippen LogP contribution in [0.2, 0.25) is 0 Å². The van der Waals surface area contributed by atoms with E-state index in [0.717, 1.165) is 24.0 Å². The molecule has 1 fully saturated rings. The standard InChI is InChI=1S/C18H23NO2/c1-14-15(9-7-13-20)8-6-10-16(14)17(21)19-18(2)11-4-3-5-12-18/h6,8,10,20H,3-5,11-13H2,1-2H3,(H,19,21). The van der Waals surface area contributed by atoms with E-state index in [1.54, 1.807) is 0 Å². The lowest BCUT2D eigenvalue weighted by Gasteiger charge is -2.34. The lowest BCUT2D eigenvalue weighted by atomic mass is 9.83. The van der Waals surface area contributed by atoms with Crippen LogP contribution in [0.1, 0.15) is 60.5 Å². The maximum absolute atomic E-state index is 12.6. The van der Waals surface area contributed by atoms with Crippen molar-refractivity contribution in [1.29, 1.82) is 0 Å². The monoisotopic (exact) mass is 285 g/mol. The van der Waals surface area contributed by atoms with Gasteiger partial charge in [0.2, 0.25) is 0 Å². The molecule has 0 spiro atoms. The maximum Gasteiger partial charge on any atom is 0.252 e. The van der Waals surface area contributed by atoms with Gasteiger partial charge in [0.1, 0.15) is 6.61 Å². The normalized spacial score (nSPS) is 16.7. The Labute approximate surface area is 126 Å². The Hall–Kier alpha value is -1.79. The number of amides is 1. The molecule has 0 heterocycles. The van der Waals surface area contributed by atoms with Crippen molar-refractivity contribution in [3.8, 4) is 11.8 Å². The van der Waals surface area contributed by atoms with Crippen molar-refractivity contribution < 1.29 is 9.90 Å². The summed E-state index contributed by atoms with van der Waals surface area (Å²) < 4.78 is 0. The van der Waals surface area contributed by atoms with Gasteiger partial charge in [-0.15, -0.1) is 0 Å². The van der Waals surface area contributed by atoms with Crippen molar-refractivity contribution in [3.63, 3.8) is 0 Å². The summed E-state index contributed by atoms with van der Waals surface area (Å²) in [6, 6.07) is 5.55. The summed E-state index contributed by atoms with van der Waals surface area (Å²) in [5.41, 5.74) is 2.25. The second kappa shape index (κ2) is 6.78. The number of carbonyl (C=O) groups is 1. The van der Waals surface area contributed by atoms with Crippen LogP contribution in [0.4, 0.5) is 0 Å². The molecule has 3 heteroatoms. The van der Waals surface area contributed by atoms with Crippen LogP contribution in [0.3, 0.4) is 0 Å². The van der Waals surface area contributed by atoms with Gasteiger partial charge in [-0.25, -0.2) is 0 Å². The highest BCUT2D eigenvalue weighted by molar-refractivity contribution is 5.96. The Kier molecular flexibility index (Phi) is 5.03. The minimum absolute atomic E-state index is 0.0236. The molecule has 112 valence electrons. The van der Waals surface area contributed by atoms with Crippen molar-refractivity contribution in [3.05, 3.63) is 34.9 Å². The highest BCUT2D eigenvalue weighted by Gasteiger charge is 2.29. The minimum Gasteiger partial charge on any atom is -0.384 e. The molecule has 0 atom stereocenters. The van der Waals surface area contributed by atoms with Crippen LogP contribution in [0, 0.1) is 18.8 Å². The molecular weight excluding hydrogens is 262 g/mol. The summed E-state index contributed by atoms with van der Waals surface area (Å²) in [7, 11) is 0. The molecule has 0 unspecified atom stereocenters. The molecule has 0 bridgehead atoms. The van der Waals surface area contributed by atoms with E-state index in [0.29, 0.717) is 5.56 Å². The maximum atomic E-state index is 12.6. The summed E-state index contributed by atoms with van der Waals surface area (Å²) in [4.78, 5) is 12.6. The summed E-state index contributed by atoms with van der Waals surface area (Å²) in [5, 5.41) is 12.0. The largest absolute Gasteiger partial charge is 0.384 e. The van der Waals surface area contributed by atoms with Crippen molar-refractivity contribution in [2.75, 3.05) is 6.61 Å². The van der Waals surface area contributed by atoms with Crippen molar-refractivity contribution in [1.82, 2.24) is 5.32 Å². The zero-order chi connectivity index (χ0) is 15.3. The number of hydrogen-bond donors (Lipinski definition) is 2. The van der Waals surface area contributed by atoms with Gasteiger partial charge in [-0.2, -0.15) is 0 Å². The zero-order valence-corrected chi connectivity index (χ0v) is 12.8. The van der Waals surface area contributed by atoms with Gasteiger partial charge >= 0.3 is 0 Å². The molecule has 0 radical (unpaired) electrons. The molecule has 2 N–H and O–H groups in total. The van der Waals surface area contributed by atoms with E-state index in [2.05, 4.69) is 24.1 Å². The van der Waals surface area contributed by atoms with Gasteiger partial charge in [-0.05, 0) is 44.4 Å². The summed E-state index contributed by atoms with van der Waals surface area (Å²) >= 11 is 0. The fraction of sp³-hybridized carbons (Fsp3) is 0.500. The average molecular weight is 285 g/mol. The van der Waals surface area contributed by atoms with E-state index in [4.69, 9.17) is 5.11 Å². The summed E-state index contributed by atoms with van der Waals surface area (Å²) in [6.45, 7) is 3.86. The number of rotatable bonds is 2. The number of benzene rings is 1. The second-order valence-electron chi connectivity index (χ2n) is 6.01. The van der Waals surface area contributed by atoms with E-state index in [9.17, 15) is 4.79 Å². The van der Waals surface area contributed by atoms with E-state index < -0.39 is 0 Å². The Morgan fingerprint density at radius 3 is 2.71 bits per heavy atom. The van der Waals surface area contributed by atoms with E-state index >= 15 is 0 Å². The number of carbonyl (C=O) groups excluding carboxylic acids is 1. The van der Waals surface area contributed by atoms with Gasteiger partial charge in [0.25, 0.3) is 5.91 Å². The number of hydrogen-bond acceptors (Lipinski definition) is 2. The van der Waals surface area contributed by atoms with E-state index in [1.165, 1.54) is 19.3 Å².